The number of nitrogens with one attached hydrogen (secondary N) is 1. The van der Waals surface area contributed by atoms with Gasteiger partial charge in [0.15, 0.2) is 0 Å². The molecule has 0 saturated carbocycles. The lowest BCUT2D eigenvalue weighted by Gasteiger charge is -2.08. The zero-order valence-corrected chi connectivity index (χ0v) is 9.32. The van der Waals surface area contributed by atoms with E-state index in [1.165, 1.54) is 0 Å². The summed E-state index contributed by atoms with van der Waals surface area (Å²) in [6.45, 7) is 9.25. The maximum atomic E-state index is 3.97. The van der Waals surface area contributed by atoms with Gasteiger partial charge in [-0.2, -0.15) is 0 Å². The number of benzene rings is 1. The van der Waals surface area contributed by atoms with Crippen molar-refractivity contribution in [2.45, 2.75) is 11.8 Å². The van der Waals surface area contributed by atoms with Crippen molar-refractivity contribution in [1.29, 1.82) is 0 Å². The Labute approximate surface area is 89.1 Å². The van der Waals surface area contributed by atoms with Crippen LogP contribution in [0.5, 0.6) is 0 Å². The summed E-state index contributed by atoms with van der Waals surface area (Å²) in [5.41, 5.74) is 2.82. The fourth-order valence-electron chi connectivity index (χ4n) is 1.14. The summed E-state index contributed by atoms with van der Waals surface area (Å²) in [7, 11) is 0. The van der Waals surface area contributed by atoms with E-state index in [0.717, 1.165) is 22.0 Å². The summed E-state index contributed by atoms with van der Waals surface area (Å²) in [4.78, 5) is 5.10. The molecule has 2 nitrogen and oxygen atoms in total. The van der Waals surface area contributed by atoms with Crippen molar-refractivity contribution < 1.29 is 0 Å². The number of nitrogens with zero attached hydrogens (tertiary/aromatic N) is 1. The van der Waals surface area contributed by atoms with E-state index in [2.05, 4.69) is 23.6 Å². The van der Waals surface area contributed by atoms with Crippen LogP contribution in [0.1, 0.15) is 6.92 Å². The van der Waals surface area contributed by atoms with E-state index >= 15 is 0 Å². The topological polar surface area (TPSA) is 24.4 Å². The first kappa shape index (κ1) is 10.9. The van der Waals surface area contributed by atoms with Crippen molar-refractivity contribution in [3.8, 4) is 0 Å². The molecule has 0 unspecified atom stereocenters. The third kappa shape index (κ3) is 2.64. The second kappa shape index (κ2) is 4.86. The lowest BCUT2D eigenvalue weighted by atomic mass is 10.2. The number of hydrogen-bond acceptors (Lipinski definition) is 3. The van der Waals surface area contributed by atoms with Crippen LogP contribution in [-0.2, 0) is 0 Å². The van der Waals surface area contributed by atoms with Crippen molar-refractivity contribution in [3.05, 3.63) is 30.5 Å². The lowest BCUT2D eigenvalue weighted by molar-refractivity contribution is 1.35. The third-order valence-corrected chi connectivity index (χ3v) is 2.49. The van der Waals surface area contributed by atoms with Crippen LogP contribution in [0.4, 0.5) is 11.4 Å². The van der Waals surface area contributed by atoms with Gasteiger partial charge in [-0.05, 0) is 38.1 Å². The highest BCUT2D eigenvalue weighted by atomic mass is 32.2. The number of aliphatic imine (C=N–C) groups is 1. The predicted octanol–water partition coefficient (Wildman–Crippen LogP) is 3.69. The summed E-state index contributed by atoms with van der Waals surface area (Å²) in [5, 5.41) is 3.14. The SMILES string of the molecule is C=Nc1cc(NC(=C)C)ccc1SC. The molecule has 0 spiro atoms. The van der Waals surface area contributed by atoms with Gasteiger partial charge in [0.2, 0.25) is 0 Å². The number of thioether (sulfide) groups is 1. The molecule has 0 bridgehead atoms. The minimum atomic E-state index is 0.906. The highest BCUT2D eigenvalue weighted by Gasteiger charge is 2.00. The van der Waals surface area contributed by atoms with Crippen molar-refractivity contribution >= 4 is 29.9 Å². The van der Waals surface area contributed by atoms with Crippen molar-refractivity contribution in [1.82, 2.24) is 0 Å². The molecule has 14 heavy (non-hydrogen) atoms. The van der Waals surface area contributed by atoms with Crippen molar-refractivity contribution in [3.63, 3.8) is 0 Å². The molecule has 1 N–H and O–H groups in total. The molecule has 0 radical (unpaired) electrons. The fourth-order valence-corrected chi connectivity index (χ4v) is 1.67. The second-order valence-electron chi connectivity index (χ2n) is 2.95. The monoisotopic (exact) mass is 206 g/mol. The van der Waals surface area contributed by atoms with E-state index in [4.69, 9.17) is 0 Å². The first-order chi connectivity index (χ1) is 6.67. The van der Waals surface area contributed by atoms with Crippen LogP contribution in [-0.4, -0.2) is 13.0 Å². The van der Waals surface area contributed by atoms with Gasteiger partial charge in [-0.1, -0.05) is 6.58 Å². The van der Waals surface area contributed by atoms with Gasteiger partial charge in [-0.3, -0.25) is 4.99 Å². The number of allylic oxidation sites excluding steroid dienone is 1. The van der Waals surface area contributed by atoms with Gasteiger partial charge in [-0.15, -0.1) is 11.8 Å². The molecule has 3 heteroatoms. The molecular formula is C11H14N2S. The first-order valence-electron chi connectivity index (χ1n) is 4.24. The Morgan fingerprint density at radius 3 is 2.71 bits per heavy atom. The van der Waals surface area contributed by atoms with Gasteiger partial charge in [0.05, 0.1) is 5.69 Å². The second-order valence-corrected chi connectivity index (χ2v) is 3.80. The molecule has 0 heterocycles. The van der Waals surface area contributed by atoms with E-state index in [-0.39, 0.29) is 0 Å². The average Bonchev–Trinajstić information content (AvgIpc) is 2.16. The maximum Gasteiger partial charge on any atom is 0.0778 e. The Bertz CT molecular complexity index is 358. The molecule has 1 rings (SSSR count). The molecule has 0 fully saturated rings. The molecule has 0 aromatic heterocycles. The molecule has 0 aliphatic rings. The highest BCUT2D eigenvalue weighted by Crippen LogP contribution is 2.30. The summed E-state index contributed by atoms with van der Waals surface area (Å²) in [5.74, 6) is 0. The van der Waals surface area contributed by atoms with Gasteiger partial charge in [0.1, 0.15) is 0 Å². The summed E-state index contributed by atoms with van der Waals surface area (Å²) < 4.78 is 0. The average molecular weight is 206 g/mol. The number of anilines is 1. The molecular weight excluding hydrogens is 192 g/mol. The Hall–Kier alpha value is -1.22. The third-order valence-electron chi connectivity index (χ3n) is 1.71. The van der Waals surface area contributed by atoms with Crippen LogP contribution in [0.25, 0.3) is 0 Å². The van der Waals surface area contributed by atoms with Gasteiger partial charge < -0.3 is 5.32 Å². The van der Waals surface area contributed by atoms with Crippen molar-refractivity contribution in [2.75, 3.05) is 11.6 Å². The highest BCUT2D eigenvalue weighted by molar-refractivity contribution is 7.98. The maximum absolute atomic E-state index is 3.97. The van der Waals surface area contributed by atoms with Crippen LogP contribution in [0, 0.1) is 0 Å². The smallest absolute Gasteiger partial charge is 0.0778 e. The van der Waals surface area contributed by atoms with Gasteiger partial charge in [0.25, 0.3) is 0 Å². The first-order valence-corrected chi connectivity index (χ1v) is 5.47. The molecule has 1 aromatic rings. The largest absolute Gasteiger partial charge is 0.360 e. The number of hydrogen-bond donors (Lipinski definition) is 1. The molecule has 1 aromatic carbocycles. The zero-order valence-electron chi connectivity index (χ0n) is 8.50. The van der Waals surface area contributed by atoms with Crippen LogP contribution in [0.2, 0.25) is 0 Å². The molecule has 0 aliphatic carbocycles. The van der Waals surface area contributed by atoms with E-state index in [0.29, 0.717) is 0 Å². The Morgan fingerprint density at radius 2 is 2.21 bits per heavy atom. The Morgan fingerprint density at radius 1 is 1.50 bits per heavy atom. The van der Waals surface area contributed by atoms with Crippen LogP contribution in [0.3, 0.4) is 0 Å². The van der Waals surface area contributed by atoms with Gasteiger partial charge in [0, 0.05) is 16.3 Å². The van der Waals surface area contributed by atoms with Crippen LogP contribution < -0.4 is 5.32 Å². The summed E-state index contributed by atoms with van der Waals surface area (Å²) >= 11 is 1.66. The summed E-state index contributed by atoms with van der Waals surface area (Å²) in [6, 6.07) is 6.00. The van der Waals surface area contributed by atoms with E-state index in [1.54, 1.807) is 11.8 Å². The fraction of sp³-hybridized carbons (Fsp3) is 0.182. The standard InChI is InChI=1S/C11H14N2S/c1-8(2)13-9-5-6-11(14-4)10(7-9)12-3/h5-7,13H,1,3H2,2,4H3. The summed E-state index contributed by atoms with van der Waals surface area (Å²) in [6.07, 6.45) is 2.02. The molecule has 0 saturated heterocycles. The van der Waals surface area contributed by atoms with E-state index in [1.807, 2.05) is 31.4 Å². The Balaban J connectivity index is 3.01. The molecule has 0 aliphatic heterocycles. The molecule has 0 atom stereocenters. The predicted molar refractivity (Wildman–Crippen MR) is 65.9 cm³/mol. The van der Waals surface area contributed by atoms with E-state index < -0.39 is 0 Å². The zero-order chi connectivity index (χ0) is 10.6. The number of rotatable bonds is 4. The normalized spacial score (nSPS) is 9.57. The molecule has 74 valence electrons. The lowest BCUT2D eigenvalue weighted by Crippen LogP contribution is -1.92. The quantitative estimate of drug-likeness (QED) is 0.600. The van der Waals surface area contributed by atoms with Crippen LogP contribution >= 0.6 is 11.8 Å². The van der Waals surface area contributed by atoms with Crippen molar-refractivity contribution in [2.24, 2.45) is 4.99 Å². The molecule has 0 amide bonds. The minimum Gasteiger partial charge on any atom is -0.360 e. The minimum absolute atomic E-state index is 0.906. The van der Waals surface area contributed by atoms with Crippen LogP contribution in [0.15, 0.2) is 40.4 Å². The Kier molecular flexibility index (Phi) is 3.77. The van der Waals surface area contributed by atoms with Gasteiger partial charge >= 0.3 is 0 Å². The van der Waals surface area contributed by atoms with E-state index in [9.17, 15) is 0 Å². The van der Waals surface area contributed by atoms with Gasteiger partial charge in [-0.25, -0.2) is 0 Å².